The van der Waals surface area contributed by atoms with E-state index in [2.05, 4.69) is 34.6 Å². The van der Waals surface area contributed by atoms with Crippen LogP contribution in [0.5, 0.6) is 0 Å². The minimum atomic E-state index is -0.113. The molecule has 0 amide bonds. The standard InChI is InChI=1S/C16H36N2/c1-6-7-8-9-11-14(17)12-10-13-15(2,3)16(4,5)18/h14H,6-13,17-18H2,1-5H3. The zero-order valence-electron chi connectivity index (χ0n) is 13.4. The molecule has 110 valence electrons. The lowest BCUT2D eigenvalue weighted by molar-refractivity contribution is 0.178. The smallest absolute Gasteiger partial charge is 0.0148 e. The minimum Gasteiger partial charge on any atom is -0.328 e. The first-order chi connectivity index (χ1) is 8.20. The average Bonchev–Trinajstić information content (AvgIpc) is 2.22. The predicted octanol–water partition coefficient (Wildman–Crippen LogP) is 4.22. The molecule has 1 atom stereocenters. The summed E-state index contributed by atoms with van der Waals surface area (Å²) in [6.45, 7) is 11.0. The lowest BCUT2D eigenvalue weighted by atomic mass is 9.72. The molecule has 0 fully saturated rings. The molecule has 2 heteroatoms. The molecule has 0 aromatic rings. The second kappa shape index (κ2) is 8.16. The lowest BCUT2D eigenvalue weighted by Gasteiger charge is -2.39. The van der Waals surface area contributed by atoms with Crippen LogP contribution in [0.3, 0.4) is 0 Å². The Balaban J connectivity index is 3.71. The van der Waals surface area contributed by atoms with Crippen molar-refractivity contribution in [3.05, 3.63) is 0 Å². The first-order valence-corrected chi connectivity index (χ1v) is 7.75. The van der Waals surface area contributed by atoms with Crippen molar-refractivity contribution in [1.29, 1.82) is 0 Å². The fraction of sp³-hybridized carbons (Fsp3) is 1.00. The van der Waals surface area contributed by atoms with Gasteiger partial charge in [-0.25, -0.2) is 0 Å². The maximum Gasteiger partial charge on any atom is 0.0148 e. The maximum absolute atomic E-state index is 6.21. The number of unbranched alkanes of at least 4 members (excludes halogenated alkanes) is 3. The third kappa shape index (κ3) is 7.38. The normalized spacial score (nSPS) is 14.8. The zero-order valence-corrected chi connectivity index (χ0v) is 13.4. The highest BCUT2D eigenvalue weighted by molar-refractivity contribution is 4.89. The highest BCUT2D eigenvalue weighted by atomic mass is 14.7. The van der Waals surface area contributed by atoms with Gasteiger partial charge in [0, 0.05) is 11.6 Å². The number of hydrogen-bond donors (Lipinski definition) is 2. The molecule has 0 heterocycles. The van der Waals surface area contributed by atoms with Crippen molar-refractivity contribution in [3.8, 4) is 0 Å². The molecule has 4 N–H and O–H groups in total. The summed E-state index contributed by atoms with van der Waals surface area (Å²) >= 11 is 0. The Morgan fingerprint density at radius 3 is 1.94 bits per heavy atom. The molecular weight excluding hydrogens is 220 g/mol. The second-order valence-electron chi connectivity index (χ2n) is 7.11. The summed E-state index contributed by atoms with van der Waals surface area (Å²) in [5.41, 5.74) is 12.5. The largest absolute Gasteiger partial charge is 0.328 e. The van der Waals surface area contributed by atoms with Crippen LogP contribution in [0.1, 0.15) is 86.0 Å². The van der Waals surface area contributed by atoms with Gasteiger partial charge in [0.15, 0.2) is 0 Å². The van der Waals surface area contributed by atoms with E-state index in [1.54, 1.807) is 0 Å². The summed E-state index contributed by atoms with van der Waals surface area (Å²) < 4.78 is 0. The van der Waals surface area contributed by atoms with Crippen LogP contribution in [-0.4, -0.2) is 11.6 Å². The van der Waals surface area contributed by atoms with Crippen molar-refractivity contribution in [1.82, 2.24) is 0 Å². The van der Waals surface area contributed by atoms with Crippen LogP contribution in [0, 0.1) is 5.41 Å². The summed E-state index contributed by atoms with van der Waals surface area (Å²) in [7, 11) is 0. The van der Waals surface area contributed by atoms with E-state index in [-0.39, 0.29) is 11.0 Å². The van der Waals surface area contributed by atoms with Gasteiger partial charge in [-0.2, -0.15) is 0 Å². The molecule has 0 rings (SSSR count). The Bertz CT molecular complexity index is 204. The SMILES string of the molecule is CCCCCCC(N)CCCC(C)(C)C(C)(C)N. The van der Waals surface area contributed by atoms with Gasteiger partial charge < -0.3 is 11.5 Å². The van der Waals surface area contributed by atoms with Gasteiger partial charge in [0.2, 0.25) is 0 Å². The van der Waals surface area contributed by atoms with Gasteiger partial charge in [0.05, 0.1) is 0 Å². The molecule has 0 aliphatic carbocycles. The molecule has 2 nitrogen and oxygen atoms in total. The molecule has 0 saturated carbocycles. The molecule has 0 radical (unpaired) electrons. The Morgan fingerprint density at radius 1 is 0.889 bits per heavy atom. The minimum absolute atomic E-state index is 0.113. The number of nitrogens with two attached hydrogens (primary N) is 2. The molecular formula is C16H36N2. The number of rotatable bonds is 10. The Kier molecular flexibility index (Phi) is 8.13. The van der Waals surface area contributed by atoms with E-state index in [0.29, 0.717) is 6.04 Å². The fourth-order valence-electron chi connectivity index (χ4n) is 2.11. The quantitative estimate of drug-likeness (QED) is 0.575. The van der Waals surface area contributed by atoms with E-state index in [1.807, 2.05) is 0 Å². The van der Waals surface area contributed by atoms with Gasteiger partial charge in [-0.1, -0.05) is 52.9 Å². The molecule has 0 aliphatic heterocycles. The van der Waals surface area contributed by atoms with Crippen LogP contribution in [0.15, 0.2) is 0 Å². The lowest BCUT2D eigenvalue weighted by Crippen LogP contribution is -2.47. The monoisotopic (exact) mass is 256 g/mol. The summed E-state index contributed by atoms with van der Waals surface area (Å²) in [5.74, 6) is 0. The highest BCUT2D eigenvalue weighted by Crippen LogP contribution is 2.33. The Labute approximate surface area is 115 Å². The van der Waals surface area contributed by atoms with Crippen molar-refractivity contribution in [2.45, 2.75) is 97.6 Å². The van der Waals surface area contributed by atoms with E-state index in [1.165, 1.54) is 44.9 Å². The Morgan fingerprint density at radius 2 is 1.44 bits per heavy atom. The third-order valence-corrected chi connectivity index (χ3v) is 4.55. The van der Waals surface area contributed by atoms with Crippen LogP contribution >= 0.6 is 0 Å². The van der Waals surface area contributed by atoms with Crippen molar-refractivity contribution in [2.75, 3.05) is 0 Å². The van der Waals surface area contributed by atoms with Gasteiger partial charge >= 0.3 is 0 Å². The molecule has 0 saturated heterocycles. The van der Waals surface area contributed by atoms with Gasteiger partial charge in [-0.15, -0.1) is 0 Å². The van der Waals surface area contributed by atoms with E-state index in [9.17, 15) is 0 Å². The molecule has 0 aromatic heterocycles. The number of hydrogen-bond acceptors (Lipinski definition) is 2. The van der Waals surface area contributed by atoms with E-state index in [4.69, 9.17) is 11.5 Å². The topological polar surface area (TPSA) is 52.0 Å². The van der Waals surface area contributed by atoms with E-state index in [0.717, 1.165) is 6.42 Å². The van der Waals surface area contributed by atoms with Crippen molar-refractivity contribution in [3.63, 3.8) is 0 Å². The predicted molar refractivity (Wildman–Crippen MR) is 82.6 cm³/mol. The van der Waals surface area contributed by atoms with Crippen molar-refractivity contribution < 1.29 is 0 Å². The molecule has 0 aromatic carbocycles. The third-order valence-electron chi connectivity index (χ3n) is 4.55. The molecule has 0 aliphatic rings. The summed E-state index contributed by atoms with van der Waals surface area (Å²) in [6, 6.07) is 0.388. The van der Waals surface area contributed by atoms with E-state index >= 15 is 0 Å². The second-order valence-corrected chi connectivity index (χ2v) is 7.11. The van der Waals surface area contributed by atoms with Crippen LogP contribution in [-0.2, 0) is 0 Å². The van der Waals surface area contributed by atoms with Gasteiger partial charge in [-0.3, -0.25) is 0 Å². The summed E-state index contributed by atoms with van der Waals surface area (Å²) in [6.07, 6.45) is 9.97. The van der Waals surface area contributed by atoms with Crippen molar-refractivity contribution >= 4 is 0 Å². The van der Waals surface area contributed by atoms with Crippen molar-refractivity contribution in [2.24, 2.45) is 16.9 Å². The van der Waals surface area contributed by atoms with E-state index < -0.39 is 0 Å². The molecule has 0 spiro atoms. The van der Waals surface area contributed by atoms with Gasteiger partial charge in [0.25, 0.3) is 0 Å². The first kappa shape index (κ1) is 17.9. The van der Waals surface area contributed by atoms with Crippen LogP contribution in [0.25, 0.3) is 0 Å². The average molecular weight is 256 g/mol. The van der Waals surface area contributed by atoms with Crippen LogP contribution in [0.4, 0.5) is 0 Å². The van der Waals surface area contributed by atoms with Gasteiger partial charge in [0.1, 0.15) is 0 Å². The van der Waals surface area contributed by atoms with Crippen LogP contribution in [0.2, 0.25) is 0 Å². The first-order valence-electron chi connectivity index (χ1n) is 7.75. The molecule has 18 heavy (non-hydrogen) atoms. The van der Waals surface area contributed by atoms with Gasteiger partial charge in [-0.05, 0) is 38.5 Å². The van der Waals surface area contributed by atoms with Crippen LogP contribution < -0.4 is 11.5 Å². The maximum atomic E-state index is 6.21. The zero-order chi connectivity index (χ0) is 14.2. The molecule has 1 unspecified atom stereocenters. The molecule has 0 bridgehead atoms. The summed E-state index contributed by atoms with van der Waals surface area (Å²) in [4.78, 5) is 0. The summed E-state index contributed by atoms with van der Waals surface area (Å²) in [5, 5.41) is 0. The Hall–Kier alpha value is -0.0800. The highest BCUT2D eigenvalue weighted by Gasteiger charge is 2.32. The fourth-order valence-corrected chi connectivity index (χ4v) is 2.11.